The Kier molecular flexibility index (Phi) is 12.7. The molecule has 3 N–H and O–H groups in total. The fourth-order valence-corrected chi connectivity index (χ4v) is 6.87. The van der Waals surface area contributed by atoms with Crippen LogP contribution in [0.25, 0.3) is 0 Å². The number of ether oxygens (including phenoxy) is 3. The van der Waals surface area contributed by atoms with E-state index in [-0.39, 0.29) is 0 Å². The molecule has 1 aromatic heterocycles. The summed E-state index contributed by atoms with van der Waals surface area (Å²) in [5.74, 6) is -1.32. The molecule has 0 aliphatic carbocycles. The fourth-order valence-electron chi connectivity index (χ4n) is 4.16. The maximum absolute atomic E-state index is 16.2. The summed E-state index contributed by atoms with van der Waals surface area (Å²) in [7, 11) is -7.45. The minimum absolute atomic E-state index is 0.399. The molecule has 0 bridgehead atoms. The second kappa shape index (κ2) is 14.7. The number of hydrogen-bond acceptors (Lipinski definition) is 11. The molecule has 1 fully saturated rings. The van der Waals surface area contributed by atoms with Crippen LogP contribution in [0.5, 0.6) is 0 Å². The summed E-state index contributed by atoms with van der Waals surface area (Å²) in [6.07, 6.45) is -4.53. The Morgan fingerprint density at radius 3 is 1.95 bits per heavy atom. The number of hydrogen-bond donors (Lipinski definition) is 3. The van der Waals surface area contributed by atoms with E-state index >= 15 is 4.39 Å². The van der Waals surface area contributed by atoms with Gasteiger partial charge in [-0.25, -0.2) is 19.4 Å². The van der Waals surface area contributed by atoms with E-state index in [9.17, 15) is 28.3 Å². The van der Waals surface area contributed by atoms with Crippen LogP contribution >= 0.6 is 15.0 Å². The van der Waals surface area contributed by atoms with Gasteiger partial charge < -0.3 is 23.3 Å². The molecule has 1 aliphatic rings. The highest BCUT2D eigenvalue weighted by Gasteiger charge is 2.56. The molecular formula is C25H43FN4O11P2. The largest absolute Gasteiger partial charge is 0.462 e. The van der Waals surface area contributed by atoms with Crippen LogP contribution < -0.4 is 21.4 Å². The van der Waals surface area contributed by atoms with Crippen molar-refractivity contribution in [2.24, 2.45) is 5.41 Å². The van der Waals surface area contributed by atoms with Crippen molar-refractivity contribution in [2.75, 3.05) is 26.5 Å². The molecule has 1 aliphatic heterocycles. The lowest BCUT2D eigenvalue weighted by molar-refractivity contribution is -0.149. The molecule has 0 spiro atoms. The van der Waals surface area contributed by atoms with Crippen LogP contribution in [0.3, 0.4) is 0 Å². The SMILES string of the molecule is CC(C)OC(=O)[C@H](C)NP(C)(=O)OC[C@H]1O[C@@H](n2ccc(=O)[nH]c2=O)[C@@H](F)C1(C)COP(C)(=O)N[C@@H](C)C(=O)OC(C)C. The van der Waals surface area contributed by atoms with Crippen molar-refractivity contribution in [1.29, 1.82) is 0 Å². The van der Waals surface area contributed by atoms with Gasteiger partial charge in [-0.05, 0) is 41.5 Å². The first-order valence-corrected chi connectivity index (χ1v) is 17.8. The van der Waals surface area contributed by atoms with E-state index in [1.54, 1.807) is 27.7 Å². The Labute approximate surface area is 249 Å². The number of aromatic amines is 1. The molecular weight excluding hydrogens is 613 g/mol. The Hall–Kier alpha value is -2.19. The molecule has 2 rings (SSSR count). The molecule has 2 heterocycles. The Morgan fingerprint density at radius 2 is 1.49 bits per heavy atom. The second-order valence-electron chi connectivity index (χ2n) is 11.4. The van der Waals surface area contributed by atoms with Crippen molar-refractivity contribution in [2.45, 2.75) is 91.3 Å². The van der Waals surface area contributed by atoms with Crippen LogP contribution in [0.1, 0.15) is 54.7 Å². The zero-order valence-corrected chi connectivity index (χ0v) is 27.6. The third-order valence-corrected chi connectivity index (χ3v) is 9.38. The number of aromatic nitrogens is 2. The van der Waals surface area contributed by atoms with Gasteiger partial charge in [-0.2, -0.15) is 0 Å². The van der Waals surface area contributed by atoms with E-state index in [2.05, 4.69) is 10.2 Å². The summed E-state index contributed by atoms with van der Waals surface area (Å²) in [4.78, 5) is 50.4. The molecule has 1 saturated heterocycles. The second-order valence-corrected chi connectivity index (χ2v) is 15.8. The zero-order chi connectivity index (χ0) is 32.9. The number of H-pyrrole nitrogens is 1. The summed E-state index contributed by atoms with van der Waals surface area (Å²) < 4.78 is 70.7. The van der Waals surface area contributed by atoms with Crippen LogP contribution in [0.4, 0.5) is 4.39 Å². The average Bonchev–Trinajstić information content (AvgIpc) is 3.10. The van der Waals surface area contributed by atoms with E-state index in [1.807, 2.05) is 4.98 Å². The van der Waals surface area contributed by atoms with E-state index in [0.29, 0.717) is 0 Å². The Bertz CT molecular complexity index is 1350. The van der Waals surface area contributed by atoms with Crippen molar-refractivity contribution in [1.82, 2.24) is 19.7 Å². The van der Waals surface area contributed by atoms with Crippen molar-refractivity contribution in [3.8, 4) is 0 Å². The lowest BCUT2D eigenvalue weighted by Gasteiger charge is -2.33. The van der Waals surface area contributed by atoms with Crippen LogP contribution in [-0.4, -0.2) is 84.6 Å². The zero-order valence-electron chi connectivity index (χ0n) is 25.8. The number of esters is 2. The lowest BCUT2D eigenvalue weighted by atomic mass is 9.82. The topological polar surface area (TPSA) is 193 Å². The number of carbonyl (C=O) groups excluding carboxylic acids is 2. The van der Waals surface area contributed by atoms with Gasteiger partial charge in [0.25, 0.3) is 20.6 Å². The van der Waals surface area contributed by atoms with E-state index in [1.165, 1.54) is 34.1 Å². The van der Waals surface area contributed by atoms with E-state index < -0.39 is 99.7 Å². The van der Waals surface area contributed by atoms with Crippen LogP contribution in [0.2, 0.25) is 0 Å². The average molecular weight is 657 g/mol. The first-order chi connectivity index (χ1) is 19.7. The quantitative estimate of drug-likeness (QED) is 0.184. The van der Waals surface area contributed by atoms with Crippen LogP contribution in [0.15, 0.2) is 21.9 Å². The third-order valence-electron chi connectivity index (χ3n) is 6.41. The summed E-state index contributed by atoms with van der Waals surface area (Å²) >= 11 is 0. The molecule has 0 aromatic carbocycles. The molecule has 18 heteroatoms. The Morgan fingerprint density at radius 1 is 1.00 bits per heavy atom. The van der Waals surface area contributed by atoms with Crippen LogP contribution in [0, 0.1) is 5.41 Å². The highest BCUT2D eigenvalue weighted by atomic mass is 31.2. The first kappa shape index (κ1) is 37.0. The molecule has 246 valence electrons. The van der Waals surface area contributed by atoms with Gasteiger partial charge in [-0.15, -0.1) is 0 Å². The first-order valence-electron chi connectivity index (χ1n) is 13.7. The molecule has 3 unspecified atom stereocenters. The number of rotatable bonds is 15. The highest BCUT2D eigenvalue weighted by Crippen LogP contribution is 2.50. The summed E-state index contributed by atoms with van der Waals surface area (Å²) in [6, 6.07) is -1.00. The summed E-state index contributed by atoms with van der Waals surface area (Å²) in [5, 5.41) is 5.13. The number of nitrogens with zero attached hydrogens (tertiary/aromatic N) is 1. The van der Waals surface area contributed by atoms with Gasteiger partial charge in [0.2, 0.25) is 0 Å². The highest BCUT2D eigenvalue weighted by molar-refractivity contribution is 7.56. The minimum Gasteiger partial charge on any atom is -0.462 e. The van der Waals surface area contributed by atoms with Crippen molar-refractivity contribution >= 4 is 27.0 Å². The van der Waals surface area contributed by atoms with E-state index in [4.69, 9.17) is 23.3 Å². The molecule has 43 heavy (non-hydrogen) atoms. The maximum Gasteiger partial charge on any atom is 0.330 e. The summed E-state index contributed by atoms with van der Waals surface area (Å²) in [5.41, 5.74) is -3.30. The van der Waals surface area contributed by atoms with Gasteiger partial charge in [0.1, 0.15) is 12.1 Å². The molecule has 0 amide bonds. The van der Waals surface area contributed by atoms with Crippen molar-refractivity contribution < 1.29 is 46.4 Å². The fraction of sp³-hybridized carbons (Fsp3) is 0.760. The minimum atomic E-state index is -3.74. The van der Waals surface area contributed by atoms with Gasteiger partial charge >= 0.3 is 17.6 Å². The van der Waals surface area contributed by atoms with Gasteiger partial charge in [0.15, 0.2) is 12.4 Å². The normalized spacial score (nSPS) is 26.5. The predicted molar refractivity (Wildman–Crippen MR) is 155 cm³/mol. The lowest BCUT2D eigenvalue weighted by Crippen LogP contribution is -2.43. The number of halogens is 1. The van der Waals surface area contributed by atoms with Crippen molar-refractivity contribution in [3.05, 3.63) is 33.1 Å². The standard InChI is InChI=1S/C25H43FN4O11P2/c1-14(2)39-22(32)16(5)28-42(8,35)37-12-18-25(7,13-38-43(9,36)29-17(6)23(33)40-15(3)4)20(26)21(41-18)30-11-10-19(31)27-24(30)34/h10-11,14-18,20-21H,12-13H2,1-9H3,(H,28,35)(H,29,36)(H,27,31,34)/t16-,17-,18+,20+,21+,25?,42?,43?/m0/s1. The van der Waals surface area contributed by atoms with Gasteiger partial charge in [-0.3, -0.25) is 33.1 Å². The van der Waals surface area contributed by atoms with E-state index in [0.717, 1.165) is 16.8 Å². The van der Waals surface area contributed by atoms with Gasteiger partial charge in [0.05, 0.1) is 36.9 Å². The summed E-state index contributed by atoms with van der Waals surface area (Å²) in [6.45, 7) is 12.3. The van der Waals surface area contributed by atoms with Gasteiger partial charge in [-0.1, -0.05) is 6.92 Å². The predicted octanol–water partition coefficient (Wildman–Crippen LogP) is 2.32. The number of alkyl halides is 1. The molecule has 1 aromatic rings. The molecule has 8 atom stereocenters. The monoisotopic (exact) mass is 656 g/mol. The Balaban J connectivity index is 2.28. The number of nitrogens with one attached hydrogen (secondary N) is 3. The van der Waals surface area contributed by atoms with Crippen LogP contribution in [-0.2, 0) is 42.0 Å². The maximum atomic E-state index is 16.2. The smallest absolute Gasteiger partial charge is 0.330 e. The molecule has 15 nitrogen and oxygen atoms in total. The molecule has 0 saturated carbocycles. The number of carbonyl (C=O) groups is 2. The van der Waals surface area contributed by atoms with Crippen molar-refractivity contribution in [3.63, 3.8) is 0 Å². The van der Waals surface area contributed by atoms with Gasteiger partial charge in [0, 0.05) is 25.6 Å². The third kappa shape index (κ3) is 10.4. The molecule has 0 radical (unpaired) electrons.